The molecule has 1 N–H and O–H groups in total. The van der Waals surface area contributed by atoms with Gasteiger partial charge in [0.25, 0.3) is 5.91 Å². The van der Waals surface area contributed by atoms with Gasteiger partial charge in [0.05, 0.1) is 17.7 Å². The van der Waals surface area contributed by atoms with Crippen LogP contribution < -0.4 is 5.32 Å². The number of rotatable bonds is 8. The smallest absolute Gasteiger partial charge is 0.274 e. The molecule has 1 amide bonds. The highest BCUT2D eigenvalue weighted by molar-refractivity contribution is 7.14. The van der Waals surface area contributed by atoms with Gasteiger partial charge in [0.2, 0.25) is 5.95 Å². The number of hydrogen-bond acceptors (Lipinski definition) is 5. The van der Waals surface area contributed by atoms with Crippen LogP contribution in [0.3, 0.4) is 0 Å². The normalized spacial score (nSPS) is 11.2. The molecule has 0 unspecified atom stereocenters. The fourth-order valence-corrected chi connectivity index (χ4v) is 4.27. The summed E-state index contributed by atoms with van der Waals surface area (Å²) in [5, 5.41) is 5.20. The minimum absolute atomic E-state index is 0.283. The largest absolute Gasteiger partial charge is 0.339 e. The monoisotopic (exact) mass is 484 g/mol. The zero-order chi connectivity index (χ0) is 24.0. The van der Waals surface area contributed by atoms with Crippen molar-refractivity contribution in [1.82, 2.24) is 24.1 Å². The third-order valence-electron chi connectivity index (χ3n) is 5.23. The molecule has 5 rings (SSSR count). The fraction of sp³-hybridized carbons (Fsp3) is 0.0769. The molecule has 0 saturated carbocycles. The molecule has 9 heteroatoms. The summed E-state index contributed by atoms with van der Waals surface area (Å²) in [5.41, 5.74) is 3.93. The number of amides is 1. The van der Waals surface area contributed by atoms with Crippen molar-refractivity contribution in [2.24, 2.45) is 0 Å². The topological polar surface area (TPSA) is 77.6 Å². The van der Waals surface area contributed by atoms with Crippen LogP contribution in [-0.2, 0) is 13.1 Å². The van der Waals surface area contributed by atoms with Gasteiger partial charge in [0.1, 0.15) is 5.69 Å². The van der Waals surface area contributed by atoms with E-state index in [2.05, 4.69) is 32.4 Å². The first-order chi connectivity index (χ1) is 17.1. The standard InChI is InChI=1S/C26H21FN6OS/c27-24-13-20(10-11-28-24)15-33-12-4-7-23(33)25(34)31-26-30-22(17-35-26)9-8-21-16-32(18-29-21)14-19-5-2-1-3-6-19/h1-13,16-18H,14-15H2,(H,30,31,34). The van der Waals surface area contributed by atoms with E-state index in [4.69, 9.17) is 0 Å². The van der Waals surface area contributed by atoms with E-state index in [1.807, 2.05) is 46.5 Å². The maximum absolute atomic E-state index is 13.4. The van der Waals surface area contributed by atoms with Crippen molar-refractivity contribution in [3.8, 4) is 0 Å². The van der Waals surface area contributed by atoms with Crippen molar-refractivity contribution >= 4 is 34.5 Å². The van der Waals surface area contributed by atoms with Crippen LogP contribution in [0.5, 0.6) is 0 Å². The van der Waals surface area contributed by atoms with Crippen LogP contribution in [-0.4, -0.2) is 30.0 Å². The SMILES string of the molecule is O=C(Nc1nc(C=Cc2cn(Cc3ccccc3)cn2)cs1)c1cccn1Cc1ccnc(F)c1. The van der Waals surface area contributed by atoms with Gasteiger partial charge in [0, 0.05) is 37.1 Å². The Labute approximate surface area is 205 Å². The number of nitrogens with zero attached hydrogens (tertiary/aromatic N) is 5. The summed E-state index contributed by atoms with van der Waals surface area (Å²) in [5.74, 6) is -0.832. The minimum Gasteiger partial charge on any atom is -0.339 e. The molecule has 7 nitrogen and oxygen atoms in total. The van der Waals surface area contributed by atoms with Crippen LogP contribution in [0.25, 0.3) is 12.2 Å². The summed E-state index contributed by atoms with van der Waals surface area (Å²) in [6.45, 7) is 1.12. The van der Waals surface area contributed by atoms with E-state index < -0.39 is 5.95 Å². The molecule has 0 aliphatic rings. The Hall–Kier alpha value is -4.37. The van der Waals surface area contributed by atoms with Crippen LogP contribution >= 0.6 is 11.3 Å². The number of benzene rings is 1. The second kappa shape index (κ2) is 10.3. The van der Waals surface area contributed by atoms with Crippen molar-refractivity contribution in [2.75, 3.05) is 5.32 Å². The van der Waals surface area contributed by atoms with Gasteiger partial charge in [-0.2, -0.15) is 4.39 Å². The van der Waals surface area contributed by atoms with E-state index >= 15 is 0 Å². The summed E-state index contributed by atoms with van der Waals surface area (Å²) < 4.78 is 17.2. The van der Waals surface area contributed by atoms with Gasteiger partial charge in [-0.05, 0) is 47.5 Å². The second-order valence-electron chi connectivity index (χ2n) is 7.83. The van der Waals surface area contributed by atoms with Crippen molar-refractivity contribution < 1.29 is 9.18 Å². The summed E-state index contributed by atoms with van der Waals surface area (Å²) in [6, 6.07) is 16.8. The quantitative estimate of drug-likeness (QED) is 0.307. The first-order valence-electron chi connectivity index (χ1n) is 10.9. The van der Waals surface area contributed by atoms with Crippen molar-refractivity contribution in [3.63, 3.8) is 0 Å². The van der Waals surface area contributed by atoms with E-state index in [0.717, 1.165) is 23.5 Å². The first kappa shape index (κ1) is 22.4. The number of thiazole rings is 1. The zero-order valence-electron chi connectivity index (χ0n) is 18.6. The zero-order valence-corrected chi connectivity index (χ0v) is 19.4. The van der Waals surface area contributed by atoms with Crippen molar-refractivity contribution in [3.05, 3.63) is 119 Å². The van der Waals surface area contributed by atoms with Crippen LogP contribution in [0.2, 0.25) is 0 Å². The number of anilines is 1. The number of imidazole rings is 1. The Kier molecular flexibility index (Phi) is 6.58. The average Bonchev–Trinajstić information content (AvgIpc) is 3.60. The summed E-state index contributed by atoms with van der Waals surface area (Å²) in [7, 11) is 0. The van der Waals surface area contributed by atoms with Gasteiger partial charge < -0.3 is 9.13 Å². The van der Waals surface area contributed by atoms with Crippen LogP contribution in [0.15, 0.2) is 84.9 Å². The molecule has 0 fully saturated rings. The van der Waals surface area contributed by atoms with Gasteiger partial charge in [-0.25, -0.2) is 15.0 Å². The minimum atomic E-state index is -0.549. The maximum atomic E-state index is 13.4. The number of pyridine rings is 1. The third-order valence-corrected chi connectivity index (χ3v) is 6.01. The Morgan fingerprint density at radius 1 is 1.00 bits per heavy atom. The molecular weight excluding hydrogens is 463 g/mol. The van der Waals surface area contributed by atoms with E-state index in [9.17, 15) is 9.18 Å². The molecule has 5 aromatic rings. The van der Waals surface area contributed by atoms with Crippen molar-refractivity contribution in [1.29, 1.82) is 0 Å². The van der Waals surface area contributed by atoms with Gasteiger partial charge in [-0.15, -0.1) is 11.3 Å². The predicted octanol–water partition coefficient (Wildman–Crippen LogP) is 5.19. The molecular formula is C26H21FN6OS. The Morgan fingerprint density at radius 3 is 2.71 bits per heavy atom. The van der Waals surface area contributed by atoms with Gasteiger partial charge in [-0.3, -0.25) is 10.1 Å². The maximum Gasteiger partial charge on any atom is 0.274 e. The lowest BCUT2D eigenvalue weighted by Gasteiger charge is -2.09. The van der Waals surface area contributed by atoms with E-state index in [-0.39, 0.29) is 5.91 Å². The number of carbonyl (C=O) groups excluding carboxylic acids is 1. The molecule has 0 spiro atoms. The van der Waals surface area contributed by atoms with Crippen LogP contribution in [0.4, 0.5) is 9.52 Å². The number of aromatic nitrogens is 5. The number of halogens is 1. The molecule has 35 heavy (non-hydrogen) atoms. The van der Waals surface area contributed by atoms with Crippen LogP contribution in [0.1, 0.15) is 33.0 Å². The summed E-state index contributed by atoms with van der Waals surface area (Å²) in [4.78, 5) is 25.3. The molecule has 0 atom stereocenters. The Morgan fingerprint density at radius 2 is 1.86 bits per heavy atom. The number of nitrogens with one attached hydrogen (secondary N) is 1. The van der Waals surface area contributed by atoms with E-state index in [1.165, 1.54) is 29.2 Å². The molecule has 4 aromatic heterocycles. The van der Waals surface area contributed by atoms with Crippen molar-refractivity contribution in [2.45, 2.75) is 13.1 Å². The lowest BCUT2D eigenvalue weighted by Crippen LogP contribution is -2.17. The van der Waals surface area contributed by atoms with Crippen LogP contribution in [0, 0.1) is 5.95 Å². The second-order valence-corrected chi connectivity index (χ2v) is 8.69. The molecule has 174 valence electrons. The Bertz CT molecular complexity index is 1470. The van der Waals surface area contributed by atoms with Gasteiger partial charge in [0.15, 0.2) is 5.13 Å². The van der Waals surface area contributed by atoms with E-state index in [1.54, 1.807) is 35.3 Å². The first-order valence-corrected chi connectivity index (χ1v) is 11.8. The predicted molar refractivity (Wildman–Crippen MR) is 134 cm³/mol. The van der Waals surface area contributed by atoms with Gasteiger partial charge in [-0.1, -0.05) is 30.3 Å². The highest BCUT2D eigenvalue weighted by Crippen LogP contribution is 2.19. The number of hydrogen-bond donors (Lipinski definition) is 1. The molecule has 0 saturated heterocycles. The molecule has 0 aliphatic carbocycles. The molecule has 0 bridgehead atoms. The number of carbonyl (C=O) groups is 1. The fourth-order valence-electron chi connectivity index (χ4n) is 3.59. The third kappa shape index (κ3) is 5.77. The lowest BCUT2D eigenvalue weighted by atomic mass is 10.2. The molecule has 1 aromatic carbocycles. The van der Waals surface area contributed by atoms with E-state index in [0.29, 0.717) is 17.4 Å². The highest BCUT2D eigenvalue weighted by atomic mass is 32.1. The molecule has 4 heterocycles. The average molecular weight is 485 g/mol. The lowest BCUT2D eigenvalue weighted by molar-refractivity contribution is 0.101. The summed E-state index contributed by atoms with van der Waals surface area (Å²) in [6.07, 6.45) is 10.7. The highest BCUT2D eigenvalue weighted by Gasteiger charge is 2.13. The summed E-state index contributed by atoms with van der Waals surface area (Å²) >= 11 is 1.34. The Balaban J connectivity index is 1.20. The molecule has 0 radical (unpaired) electrons. The molecule has 0 aliphatic heterocycles. The van der Waals surface area contributed by atoms with Gasteiger partial charge >= 0.3 is 0 Å².